The molecule has 0 bridgehead atoms. The maximum absolute atomic E-state index is 12.1. The number of hydrogen-bond acceptors (Lipinski definition) is 11. The van der Waals surface area contributed by atoms with Gasteiger partial charge in [0.2, 0.25) is 22.9 Å². The monoisotopic (exact) mass is 392 g/mol. The molecule has 0 saturated heterocycles. The molecule has 0 spiro atoms. The molecule has 0 aliphatic carbocycles. The Hall–Kier alpha value is -4.54. The van der Waals surface area contributed by atoms with E-state index in [2.05, 4.69) is 35.9 Å². The quantitative estimate of drug-likeness (QED) is 0.467. The Bertz CT molecular complexity index is 1060. The molecule has 0 radical (unpaired) electrons. The van der Waals surface area contributed by atoms with E-state index in [0.717, 1.165) is 0 Å². The second kappa shape index (κ2) is 8.00. The van der Waals surface area contributed by atoms with E-state index < -0.39 is 11.9 Å². The van der Waals surface area contributed by atoms with E-state index in [1.165, 1.54) is 0 Å². The van der Waals surface area contributed by atoms with Crippen LogP contribution in [0.15, 0.2) is 65.3 Å². The van der Waals surface area contributed by atoms with Crippen LogP contribution in [0.1, 0.15) is 20.7 Å². The highest BCUT2D eigenvalue weighted by Crippen LogP contribution is 2.20. The van der Waals surface area contributed by atoms with Crippen molar-refractivity contribution in [1.29, 1.82) is 0 Å². The lowest BCUT2D eigenvalue weighted by Gasteiger charge is -2.11. The molecule has 2 heterocycles. The maximum Gasteiger partial charge on any atom is 0.362 e. The number of rotatable bonds is 6. The molecule has 144 valence electrons. The minimum absolute atomic E-state index is 0.0585. The van der Waals surface area contributed by atoms with Crippen LogP contribution in [0.5, 0.6) is 0 Å². The Balaban J connectivity index is 1.51. The first-order chi connectivity index (χ1) is 14.2. The molecule has 4 aromatic rings. The van der Waals surface area contributed by atoms with Gasteiger partial charge >= 0.3 is 11.9 Å². The summed E-state index contributed by atoms with van der Waals surface area (Å²) in [5.41, 5.74) is 5.50. The lowest BCUT2D eigenvalue weighted by atomic mass is 10.2. The van der Waals surface area contributed by atoms with Crippen molar-refractivity contribution >= 4 is 34.9 Å². The van der Waals surface area contributed by atoms with Crippen LogP contribution in [0.3, 0.4) is 0 Å². The summed E-state index contributed by atoms with van der Waals surface area (Å²) in [4.78, 5) is 42.4. The summed E-state index contributed by atoms with van der Waals surface area (Å²) in [6.07, 6.45) is 0. The van der Waals surface area contributed by atoms with Crippen LogP contribution in [0, 0.1) is 0 Å². The van der Waals surface area contributed by atoms with E-state index in [1.807, 2.05) is 0 Å². The second-order valence-corrected chi connectivity index (χ2v) is 5.55. The molecule has 2 aromatic heterocycles. The van der Waals surface area contributed by atoms with Gasteiger partial charge in [0.25, 0.3) is 0 Å². The van der Waals surface area contributed by atoms with Crippen LogP contribution in [0.4, 0.5) is 11.6 Å². The van der Waals surface area contributed by atoms with Crippen molar-refractivity contribution in [3.8, 4) is 0 Å². The van der Waals surface area contributed by atoms with Gasteiger partial charge < -0.3 is 9.68 Å². The molecule has 0 saturated carbocycles. The van der Waals surface area contributed by atoms with Gasteiger partial charge in [-0.05, 0) is 34.6 Å². The van der Waals surface area contributed by atoms with Gasteiger partial charge in [0, 0.05) is 0 Å². The third-order valence-corrected chi connectivity index (χ3v) is 3.61. The maximum atomic E-state index is 12.1. The van der Waals surface area contributed by atoms with Crippen molar-refractivity contribution in [2.75, 3.05) is 11.0 Å². The number of fused-ring (bicyclic) bond motifs is 1. The van der Waals surface area contributed by atoms with Crippen LogP contribution in [-0.4, -0.2) is 32.2 Å². The van der Waals surface area contributed by atoms with Crippen LogP contribution < -0.4 is 11.0 Å². The largest absolute Gasteiger partial charge is 0.362 e. The zero-order chi connectivity index (χ0) is 20.1. The number of carbonyl (C=O) groups is 2. The third kappa shape index (κ3) is 4.08. The molecule has 4 rings (SSSR count). The first kappa shape index (κ1) is 17.9. The highest BCUT2D eigenvalue weighted by molar-refractivity contribution is 5.91. The van der Waals surface area contributed by atoms with E-state index in [0.29, 0.717) is 11.1 Å². The molecule has 0 aliphatic rings. The van der Waals surface area contributed by atoms with E-state index in [1.54, 1.807) is 60.7 Å². The number of hydrogen-bond donors (Lipinski definition) is 2. The van der Waals surface area contributed by atoms with Crippen molar-refractivity contribution in [3.05, 3.63) is 71.8 Å². The smallest absolute Gasteiger partial charge is 0.336 e. The summed E-state index contributed by atoms with van der Waals surface area (Å²) >= 11 is 0. The average molecular weight is 392 g/mol. The normalized spacial score (nSPS) is 10.3. The Morgan fingerprint density at radius 2 is 1.10 bits per heavy atom. The van der Waals surface area contributed by atoms with Crippen molar-refractivity contribution in [3.63, 3.8) is 0 Å². The molecular formula is C18H12N6O5. The molecule has 0 amide bonds. The van der Waals surface area contributed by atoms with Gasteiger partial charge in [-0.15, -0.1) is 0 Å². The molecular weight excluding hydrogens is 380 g/mol. The first-order valence-electron chi connectivity index (χ1n) is 8.25. The number of anilines is 2. The predicted octanol–water partition coefficient (Wildman–Crippen LogP) is 2.38. The second-order valence-electron chi connectivity index (χ2n) is 5.55. The van der Waals surface area contributed by atoms with Crippen LogP contribution in [0.2, 0.25) is 0 Å². The van der Waals surface area contributed by atoms with E-state index >= 15 is 0 Å². The number of nitrogens with zero attached hydrogens (tertiary/aromatic N) is 4. The minimum atomic E-state index is -0.655. The van der Waals surface area contributed by atoms with Crippen LogP contribution in [0.25, 0.3) is 11.3 Å². The van der Waals surface area contributed by atoms with E-state index in [4.69, 9.17) is 9.68 Å². The van der Waals surface area contributed by atoms with E-state index in [9.17, 15) is 9.59 Å². The SMILES string of the molecule is O=C(ONc1nc2nonc2nc1NOC(=O)c1ccccc1)c1ccccc1. The molecule has 11 heteroatoms. The Labute approximate surface area is 162 Å². The number of carbonyl (C=O) groups excluding carboxylic acids is 2. The molecule has 0 aliphatic heterocycles. The fourth-order valence-corrected chi connectivity index (χ4v) is 2.24. The van der Waals surface area contributed by atoms with E-state index in [-0.39, 0.29) is 22.9 Å². The molecule has 2 N–H and O–H groups in total. The van der Waals surface area contributed by atoms with Crippen LogP contribution >= 0.6 is 0 Å². The lowest BCUT2D eigenvalue weighted by molar-refractivity contribution is 0.0576. The number of nitrogens with one attached hydrogen (secondary N) is 2. The predicted molar refractivity (Wildman–Crippen MR) is 98.4 cm³/mol. The number of aromatic nitrogens is 4. The Kier molecular flexibility index (Phi) is 4.93. The van der Waals surface area contributed by atoms with Gasteiger partial charge in [-0.3, -0.25) is 0 Å². The Morgan fingerprint density at radius 3 is 1.52 bits per heavy atom. The van der Waals surface area contributed by atoms with Crippen molar-refractivity contribution in [2.24, 2.45) is 0 Å². The van der Waals surface area contributed by atoms with Gasteiger partial charge in [0.1, 0.15) is 0 Å². The van der Waals surface area contributed by atoms with Gasteiger partial charge in [-0.1, -0.05) is 36.4 Å². The summed E-state index contributed by atoms with van der Waals surface area (Å²) in [6.45, 7) is 0. The summed E-state index contributed by atoms with van der Waals surface area (Å²) in [6, 6.07) is 16.7. The fourth-order valence-electron chi connectivity index (χ4n) is 2.24. The van der Waals surface area contributed by atoms with Gasteiger partial charge in [-0.2, -0.15) is 20.9 Å². The Morgan fingerprint density at radius 1 is 0.690 bits per heavy atom. The average Bonchev–Trinajstić information content (AvgIpc) is 3.24. The number of benzene rings is 2. The van der Waals surface area contributed by atoms with Gasteiger partial charge in [0.15, 0.2) is 0 Å². The summed E-state index contributed by atoms with van der Waals surface area (Å²) in [5.74, 6) is -1.45. The third-order valence-electron chi connectivity index (χ3n) is 3.61. The summed E-state index contributed by atoms with van der Waals surface area (Å²) < 4.78 is 4.57. The molecule has 0 atom stereocenters. The standard InChI is InChI=1S/C18H12N6O5/c25-17(11-7-3-1-4-8-11)27-21-13-14(20-16-15(19-13)23-29-24-16)22-28-18(26)12-9-5-2-6-10-12/h1-10H,(H,19,21,23)(H,20,22,24). The van der Waals surface area contributed by atoms with Gasteiger partial charge in [-0.25, -0.2) is 14.2 Å². The van der Waals surface area contributed by atoms with Crippen LogP contribution in [-0.2, 0) is 9.68 Å². The molecule has 2 aromatic carbocycles. The minimum Gasteiger partial charge on any atom is -0.336 e. The zero-order valence-electron chi connectivity index (χ0n) is 14.6. The summed E-state index contributed by atoms with van der Waals surface area (Å²) in [5, 5.41) is 7.15. The first-order valence-corrected chi connectivity index (χ1v) is 8.25. The topological polar surface area (TPSA) is 141 Å². The molecule has 0 unspecified atom stereocenters. The summed E-state index contributed by atoms with van der Waals surface area (Å²) in [7, 11) is 0. The molecule has 29 heavy (non-hydrogen) atoms. The van der Waals surface area contributed by atoms with Crippen molar-refractivity contribution < 1.29 is 23.9 Å². The van der Waals surface area contributed by atoms with Gasteiger partial charge in [0.05, 0.1) is 11.1 Å². The lowest BCUT2D eigenvalue weighted by Crippen LogP contribution is -2.16. The fraction of sp³-hybridized carbons (Fsp3) is 0. The molecule has 0 fully saturated rings. The highest BCUT2D eigenvalue weighted by atomic mass is 16.7. The van der Waals surface area contributed by atoms with Crippen molar-refractivity contribution in [2.45, 2.75) is 0 Å². The van der Waals surface area contributed by atoms with Crippen molar-refractivity contribution in [1.82, 2.24) is 20.3 Å². The highest BCUT2D eigenvalue weighted by Gasteiger charge is 2.17. The molecule has 11 nitrogen and oxygen atoms in total. The zero-order valence-corrected chi connectivity index (χ0v) is 14.6.